The molecule has 35 heavy (non-hydrogen) atoms. The van der Waals surface area contributed by atoms with Gasteiger partial charge in [-0.2, -0.15) is 0 Å². The number of hydrogen-bond acceptors (Lipinski definition) is 7. The van der Waals surface area contributed by atoms with E-state index in [1.54, 1.807) is 48.4 Å². The minimum atomic E-state index is -0.931. The lowest BCUT2D eigenvalue weighted by Gasteiger charge is -2.52. The summed E-state index contributed by atoms with van der Waals surface area (Å²) >= 11 is 0. The van der Waals surface area contributed by atoms with Crippen LogP contribution in [0.2, 0.25) is 0 Å². The van der Waals surface area contributed by atoms with Crippen LogP contribution in [0.3, 0.4) is 0 Å². The molecule has 5 rings (SSSR count). The van der Waals surface area contributed by atoms with Crippen LogP contribution in [0.5, 0.6) is 5.75 Å². The van der Waals surface area contributed by atoms with Crippen LogP contribution in [0.25, 0.3) is 11.4 Å². The molecule has 1 aliphatic heterocycles. The Morgan fingerprint density at radius 3 is 2.37 bits per heavy atom. The van der Waals surface area contributed by atoms with E-state index in [0.29, 0.717) is 47.0 Å². The van der Waals surface area contributed by atoms with E-state index in [1.165, 1.54) is 7.11 Å². The number of hydrogen-bond donors (Lipinski definition) is 0. The van der Waals surface area contributed by atoms with Crippen LogP contribution in [-0.4, -0.2) is 57.5 Å². The average Bonchev–Trinajstić information content (AvgIpc) is 2.83. The van der Waals surface area contributed by atoms with Crippen molar-refractivity contribution in [3.63, 3.8) is 0 Å². The molecule has 1 saturated carbocycles. The molecule has 1 aromatic carbocycles. The highest BCUT2D eigenvalue weighted by Crippen LogP contribution is 2.47. The Balaban J connectivity index is 1.37. The molecule has 1 aliphatic carbocycles. The minimum Gasteiger partial charge on any atom is -0.496 e. The number of nitrogens with zero attached hydrogens (tertiary/aromatic N) is 4. The first-order chi connectivity index (χ1) is 16.8. The Morgan fingerprint density at radius 1 is 1.09 bits per heavy atom. The van der Waals surface area contributed by atoms with Crippen molar-refractivity contribution >= 4 is 17.5 Å². The zero-order valence-electron chi connectivity index (χ0n) is 19.3. The van der Waals surface area contributed by atoms with E-state index in [4.69, 9.17) is 4.74 Å². The number of aromatic nitrogens is 3. The van der Waals surface area contributed by atoms with Gasteiger partial charge in [0.1, 0.15) is 28.9 Å². The van der Waals surface area contributed by atoms with Crippen molar-refractivity contribution in [2.45, 2.75) is 25.7 Å². The summed E-state index contributed by atoms with van der Waals surface area (Å²) in [6, 6.07) is 8.57. The Hall–Kier alpha value is -4.01. The molecule has 0 atom stereocenters. The third-order valence-corrected chi connectivity index (χ3v) is 6.70. The highest BCUT2D eigenvalue weighted by molar-refractivity contribution is 6.11. The largest absolute Gasteiger partial charge is 0.496 e. The van der Waals surface area contributed by atoms with Crippen LogP contribution >= 0.6 is 0 Å². The smallest absolute Gasteiger partial charge is 0.272 e. The predicted molar refractivity (Wildman–Crippen MR) is 123 cm³/mol. The monoisotopic (exact) mass is 474 g/mol. The SMILES string of the molecule is COc1cc(-c2ncc(F)cn2)cc(C)c1C1C(=O)CC2(CC1=O)CN(C(=O)c1ccccn1)C2. The van der Waals surface area contributed by atoms with Gasteiger partial charge in [0.05, 0.1) is 19.5 Å². The Labute approximate surface area is 201 Å². The molecule has 178 valence electrons. The molecule has 1 spiro atoms. The minimum absolute atomic E-state index is 0.182. The van der Waals surface area contributed by atoms with Crippen LogP contribution < -0.4 is 4.74 Å². The molecular weight excluding hydrogens is 451 g/mol. The molecule has 1 saturated heterocycles. The Morgan fingerprint density at radius 2 is 1.77 bits per heavy atom. The molecule has 2 aliphatic rings. The lowest BCUT2D eigenvalue weighted by Crippen LogP contribution is -2.62. The van der Waals surface area contributed by atoms with E-state index in [0.717, 1.165) is 12.4 Å². The van der Waals surface area contributed by atoms with Crippen LogP contribution in [0.1, 0.15) is 40.4 Å². The van der Waals surface area contributed by atoms with Gasteiger partial charge in [0.2, 0.25) is 0 Å². The molecule has 3 aromatic rings. The molecule has 3 heterocycles. The van der Waals surface area contributed by atoms with Gasteiger partial charge < -0.3 is 9.64 Å². The lowest BCUT2D eigenvalue weighted by atomic mass is 9.63. The number of halogens is 1. The van der Waals surface area contributed by atoms with Crippen LogP contribution in [0.15, 0.2) is 48.9 Å². The summed E-state index contributed by atoms with van der Waals surface area (Å²) < 4.78 is 18.8. The molecule has 0 unspecified atom stereocenters. The summed E-state index contributed by atoms with van der Waals surface area (Å²) in [6.45, 7) is 2.50. The highest BCUT2D eigenvalue weighted by atomic mass is 19.1. The topological polar surface area (TPSA) is 102 Å². The number of ether oxygens (including phenoxy) is 1. The van der Waals surface area contributed by atoms with Gasteiger partial charge >= 0.3 is 0 Å². The number of aryl methyl sites for hydroxylation is 1. The first-order valence-electron chi connectivity index (χ1n) is 11.2. The number of likely N-dealkylation sites (tertiary alicyclic amines) is 1. The van der Waals surface area contributed by atoms with Crippen molar-refractivity contribution in [3.05, 3.63) is 71.6 Å². The van der Waals surface area contributed by atoms with Crippen molar-refractivity contribution < 1.29 is 23.5 Å². The van der Waals surface area contributed by atoms with Crippen LogP contribution in [-0.2, 0) is 9.59 Å². The highest BCUT2D eigenvalue weighted by Gasteiger charge is 2.54. The van der Waals surface area contributed by atoms with Gasteiger partial charge in [-0.25, -0.2) is 14.4 Å². The standard InChI is InChI=1S/C26H23FN4O4/c1-15-7-16(24-29-11-17(27)12-30-24)8-21(35-2)22(15)23-19(32)9-26(10-20(23)33)13-31(14-26)25(34)18-5-3-4-6-28-18/h3-8,11-12,23H,9-10,13-14H2,1-2H3. The van der Waals surface area contributed by atoms with Crippen LogP contribution in [0.4, 0.5) is 4.39 Å². The lowest BCUT2D eigenvalue weighted by molar-refractivity contribution is -0.142. The van der Waals surface area contributed by atoms with E-state index in [1.807, 2.05) is 0 Å². The Kier molecular flexibility index (Phi) is 5.62. The van der Waals surface area contributed by atoms with Gasteiger partial charge in [0.15, 0.2) is 11.6 Å². The first-order valence-corrected chi connectivity index (χ1v) is 11.2. The fourth-order valence-electron chi connectivity index (χ4n) is 5.18. The molecule has 2 fully saturated rings. The molecule has 2 aromatic heterocycles. The number of benzene rings is 1. The second kappa shape index (κ2) is 8.65. The quantitative estimate of drug-likeness (QED) is 0.535. The molecular formula is C26H23FN4O4. The van der Waals surface area contributed by atoms with E-state index >= 15 is 0 Å². The van der Waals surface area contributed by atoms with Gasteiger partial charge in [-0.1, -0.05) is 6.07 Å². The summed E-state index contributed by atoms with van der Waals surface area (Å²) in [5.74, 6) is -1.34. The van der Waals surface area contributed by atoms with Gasteiger partial charge in [-0.3, -0.25) is 19.4 Å². The summed E-state index contributed by atoms with van der Waals surface area (Å²) in [5, 5.41) is 0. The molecule has 0 radical (unpaired) electrons. The summed E-state index contributed by atoms with van der Waals surface area (Å²) in [5.41, 5.74) is 1.63. The number of rotatable bonds is 4. The molecule has 0 bridgehead atoms. The van der Waals surface area contributed by atoms with Gasteiger partial charge in [0, 0.05) is 48.7 Å². The first kappa shape index (κ1) is 22.8. The maximum atomic E-state index is 13.3. The third kappa shape index (κ3) is 4.07. The van der Waals surface area contributed by atoms with Gasteiger partial charge in [-0.05, 0) is 36.8 Å². The second-order valence-electron chi connectivity index (χ2n) is 9.23. The number of amides is 1. The van der Waals surface area contributed by atoms with Crippen molar-refractivity contribution in [1.82, 2.24) is 19.9 Å². The van der Waals surface area contributed by atoms with E-state index in [2.05, 4.69) is 15.0 Å². The van der Waals surface area contributed by atoms with Crippen LogP contribution in [0, 0.1) is 18.2 Å². The number of carbonyl (C=O) groups is 3. The molecule has 1 amide bonds. The number of pyridine rings is 1. The number of ketones is 2. The van der Waals surface area contributed by atoms with E-state index < -0.39 is 17.2 Å². The van der Waals surface area contributed by atoms with Crippen molar-refractivity contribution in [1.29, 1.82) is 0 Å². The van der Waals surface area contributed by atoms with Gasteiger partial charge in [0.25, 0.3) is 5.91 Å². The third-order valence-electron chi connectivity index (χ3n) is 6.70. The summed E-state index contributed by atoms with van der Waals surface area (Å²) in [4.78, 5) is 53.0. The number of Topliss-reactive ketones (excluding diaryl/α,β-unsaturated/α-hetero) is 2. The van der Waals surface area contributed by atoms with Gasteiger partial charge in [-0.15, -0.1) is 0 Å². The molecule has 9 heteroatoms. The van der Waals surface area contributed by atoms with E-state index in [-0.39, 0.29) is 30.3 Å². The fraction of sp³-hybridized carbons (Fsp3) is 0.308. The summed E-state index contributed by atoms with van der Waals surface area (Å²) in [6.07, 6.45) is 4.13. The average molecular weight is 474 g/mol. The second-order valence-corrected chi connectivity index (χ2v) is 9.23. The Bertz CT molecular complexity index is 1300. The summed E-state index contributed by atoms with van der Waals surface area (Å²) in [7, 11) is 1.47. The number of carbonyl (C=O) groups excluding carboxylic acids is 3. The van der Waals surface area contributed by atoms with Crippen molar-refractivity contribution in [2.75, 3.05) is 20.2 Å². The number of methoxy groups -OCH3 is 1. The predicted octanol–water partition coefficient (Wildman–Crippen LogP) is 3.15. The van der Waals surface area contributed by atoms with Crippen molar-refractivity contribution in [3.8, 4) is 17.1 Å². The zero-order chi connectivity index (χ0) is 24.7. The molecule has 0 N–H and O–H groups in total. The fourth-order valence-corrected chi connectivity index (χ4v) is 5.18. The molecule has 8 nitrogen and oxygen atoms in total. The maximum absolute atomic E-state index is 13.3. The normalized spacial score (nSPS) is 17.4. The van der Waals surface area contributed by atoms with Crippen molar-refractivity contribution in [2.24, 2.45) is 5.41 Å². The maximum Gasteiger partial charge on any atom is 0.272 e. The van der Waals surface area contributed by atoms with E-state index in [9.17, 15) is 18.8 Å². The zero-order valence-corrected chi connectivity index (χ0v) is 19.3.